The number of methoxy groups -OCH3 is 1. The van der Waals surface area contributed by atoms with Crippen LogP contribution in [0.5, 0.6) is 0 Å². The van der Waals surface area contributed by atoms with Gasteiger partial charge in [-0.25, -0.2) is 9.59 Å². The average molecular weight is 626 g/mol. The molecule has 2 atom stereocenters. The van der Waals surface area contributed by atoms with E-state index in [0.29, 0.717) is 0 Å². The molecule has 3 amide bonds. The number of nitrogens with one attached hydrogen (secondary N) is 2. The molecule has 45 heavy (non-hydrogen) atoms. The highest BCUT2D eigenvalue weighted by molar-refractivity contribution is 8.00. The molecule has 0 unspecified atom stereocenters. The zero-order valence-corrected chi connectivity index (χ0v) is 25.6. The molecule has 0 fully saturated rings. The van der Waals surface area contributed by atoms with Crippen molar-refractivity contribution in [2.24, 2.45) is 5.73 Å². The summed E-state index contributed by atoms with van der Waals surface area (Å²) >= 11 is 1.45. The van der Waals surface area contributed by atoms with Gasteiger partial charge in [0.1, 0.15) is 18.7 Å². The van der Waals surface area contributed by atoms with Gasteiger partial charge in [0.25, 0.3) is 0 Å². The van der Waals surface area contributed by atoms with Gasteiger partial charge in [-0.1, -0.05) is 121 Å². The fourth-order valence-corrected chi connectivity index (χ4v) is 6.42. The van der Waals surface area contributed by atoms with Gasteiger partial charge < -0.3 is 25.8 Å². The van der Waals surface area contributed by atoms with Gasteiger partial charge in [-0.2, -0.15) is 0 Å². The van der Waals surface area contributed by atoms with Crippen LogP contribution in [0.4, 0.5) is 4.79 Å². The van der Waals surface area contributed by atoms with E-state index in [1.54, 1.807) is 24.3 Å². The lowest BCUT2D eigenvalue weighted by Gasteiger charge is -2.36. The molecule has 0 aliphatic rings. The average Bonchev–Trinajstić information content (AvgIpc) is 3.08. The molecule has 9 nitrogen and oxygen atoms in total. The summed E-state index contributed by atoms with van der Waals surface area (Å²) in [5, 5.41) is 5.06. The normalized spacial score (nSPS) is 12.3. The van der Waals surface area contributed by atoms with Gasteiger partial charge in [0.05, 0.1) is 18.3 Å². The molecular formula is C35H35N3O6S. The topological polar surface area (TPSA) is 137 Å². The summed E-state index contributed by atoms with van der Waals surface area (Å²) in [4.78, 5) is 50.9. The molecule has 0 radical (unpaired) electrons. The van der Waals surface area contributed by atoms with Crippen molar-refractivity contribution in [3.63, 3.8) is 0 Å². The molecule has 0 aliphatic carbocycles. The van der Waals surface area contributed by atoms with E-state index in [0.717, 1.165) is 22.3 Å². The third-order valence-electron chi connectivity index (χ3n) is 7.04. The Morgan fingerprint density at radius 1 is 0.711 bits per heavy atom. The van der Waals surface area contributed by atoms with E-state index in [-0.39, 0.29) is 12.4 Å². The molecule has 0 aromatic heterocycles. The zero-order valence-electron chi connectivity index (χ0n) is 24.8. The second kappa shape index (κ2) is 16.1. The maximum absolute atomic E-state index is 13.4. The molecule has 0 saturated heterocycles. The predicted molar refractivity (Wildman–Crippen MR) is 173 cm³/mol. The monoisotopic (exact) mass is 625 g/mol. The summed E-state index contributed by atoms with van der Waals surface area (Å²) in [6, 6.07) is 36.1. The number of thioether (sulfide) groups is 1. The second-order valence-corrected chi connectivity index (χ2v) is 11.3. The Bertz CT molecular complexity index is 1460. The molecule has 4 aromatic carbocycles. The van der Waals surface area contributed by atoms with Gasteiger partial charge in [-0.05, 0) is 22.3 Å². The highest BCUT2D eigenvalue weighted by Crippen LogP contribution is 2.48. The Labute approximate surface area is 266 Å². The Hall–Kier alpha value is -5.09. The van der Waals surface area contributed by atoms with Gasteiger partial charge in [0, 0.05) is 5.75 Å². The van der Waals surface area contributed by atoms with Crippen molar-refractivity contribution < 1.29 is 28.7 Å². The summed E-state index contributed by atoms with van der Waals surface area (Å²) in [6.45, 7) is -0.0421. The first kappa shape index (κ1) is 32.8. The number of nitrogens with two attached hydrogens (primary N) is 1. The first-order chi connectivity index (χ1) is 21.8. The highest BCUT2D eigenvalue weighted by Gasteiger charge is 2.39. The summed E-state index contributed by atoms with van der Waals surface area (Å²) in [6.07, 6.45) is -1.42. The minimum Gasteiger partial charge on any atom is -0.467 e. The highest BCUT2D eigenvalue weighted by atomic mass is 32.2. The maximum atomic E-state index is 13.4. The first-order valence-electron chi connectivity index (χ1n) is 14.3. The number of hydrogen-bond donors (Lipinski definition) is 3. The van der Waals surface area contributed by atoms with E-state index in [2.05, 4.69) is 10.6 Å². The van der Waals surface area contributed by atoms with Crippen molar-refractivity contribution >= 4 is 35.6 Å². The van der Waals surface area contributed by atoms with Gasteiger partial charge in [0.2, 0.25) is 11.8 Å². The van der Waals surface area contributed by atoms with Gasteiger partial charge in [-0.15, -0.1) is 11.8 Å². The fourth-order valence-electron chi connectivity index (χ4n) is 4.88. The van der Waals surface area contributed by atoms with Crippen LogP contribution in [0, 0.1) is 0 Å². The molecule has 4 aromatic rings. The number of ether oxygens (including phenoxy) is 2. The number of alkyl carbamates (subject to hydrolysis) is 1. The van der Waals surface area contributed by atoms with E-state index in [1.807, 2.05) is 97.1 Å². The van der Waals surface area contributed by atoms with Gasteiger partial charge in [0.15, 0.2) is 0 Å². The van der Waals surface area contributed by atoms with Crippen molar-refractivity contribution in [2.45, 2.75) is 29.9 Å². The number of amides is 3. The van der Waals surface area contributed by atoms with Crippen molar-refractivity contribution in [1.82, 2.24) is 10.6 Å². The third-order valence-corrected chi connectivity index (χ3v) is 8.68. The van der Waals surface area contributed by atoms with Crippen LogP contribution in [0.15, 0.2) is 121 Å². The number of benzene rings is 4. The smallest absolute Gasteiger partial charge is 0.408 e. The summed E-state index contributed by atoms with van der Waals surface area (Å²) in [5.41, 5.74) is 9.04. The van der Waals surface area contributed by atoms with Crippen LogP contribution >= 0.6 is 11.8 Å². The molecule has 0 bridgehead atoms. The van der Waals surface area contributed by atoms with Crippen molar-refractivity contribution in [3.05, 3.63) is 144 Å². The van der Waals surface area contributed by atoms with Crippen molar-refractivity contribution in [2.75, 3.05) is 12.9 Å². The molecule has 0 aliphatic heterocycles. The first-order valence-corrected chi connectivity index (χ1v) is 15.3. The lowest BCUT2D eigenvalue weighted by Crippen LogP contribution is -2.54. The molecule has 0 heterocycles. The number of hydrogen-bond acceptors (Lipinski definition) is 7. The number of esters is 1. The van der Waals surface area contributed by atoms with Crippen LogP contribution in [0.1, 0.15) is 28.7 Å². The standard InChI is InChI=1S/C35H35N3O6S/c1-43-33(41)30(37-32(40)29(22-31(36)39)38-34(42)44-23-25-14-6-2-7-15-25)24-45-35(26-16-8-3-9-17-26,27-18-10-4-11-19-27)28-20-12-5-13-21-28/h2-21,29-30H,22-24H2,1H3,(H2,36,39)(H,37,40)(H,38,42)/t29-,30+/m1/s1. The minimum atomic E-state index is -1.38. The zero-order chi connectivity index (χ0) is 32.1. The summed E-state index contributed by atoms with van der Waals surface area (Å²) < 4.78 is 9.51. The fraction of sp³-hybridized carbons (Fsp3) is 0.200. The molecular weight excluding hydrogens is 590 g/mol. The van der Waals surface area contributed by atoms with Crippen molar-refractivity contribution in [3.8, 4) is 0 Å². The minimum absolute atomic E-state index is 0.0421. The quantitative estimate of drug-likeness (QED) is 0.138. The number of primary amides is 1. The number of carbonyl (C=O) groups excluding carboxylic acids is 4. The largest absolute Gasteiger partial charge is 0.467 e. The van der Waals surface area contributed by atoms with E-state index < -0.39 is 47.1 Å². The molecule has 0 saturated carbocycles. The van der Waals surface area contributed by atoms with Crippen LogP contribution in [-0.4, -0.2) is 48.8 Å². The molecule has 0 spiro atoms. The Morgan fingerprint density at radius 2 is 1.18 bits per heavy atom. The van der Waals surface area contributed by atoms with Gasteiger partial charge >= 0.3 is 12.1 Å². The van der Waals surface area contributed by atoms with Crippen molar-refractivity contribution in [1.29, 1.82) is 0 Å². The number of rotatable bonds is 14. The molecule has 232 valence electrons. The van der Waals surface area contributed by atoms with Crippen LogP contribution in [0.2, 0.25) is 0 Å². The van der Waals surface area contributed by atoms with E-state index in [4.69, 9.17) is 15.2 Å². The maximum Gasteiger partial charge on any atom is 0.408 e. The van der Waals surface area contributed by atoms with E-state index in [9.17, 15) is 19.2 Å². The van der Waals surface area contributed by atoms with Gasteiger partial charge in [-0.3, -0.25) is 9.59 Å². The van der Waals surface area contributed by atoms with Crippen LogP contribution in [-0.2, 0) is 35.2 Å². The molecule has 4 rings (SSSR count). The number of carbonyl (C=O) groups is 4. The Kier molecular flexibility index (Phi) is 11.8. The SMILES string of the molecule is COC(=O)[C@H](CSC(c1ccccc1)(c1ccccc1)c1ccccc1)NC(=O)[C@@H](CC(N)=O)NC(=O)OCc1ccccc1. The van der Waals surface area contributed by atoms with E-state index >= 15 is 0 Å². The van der Waals surface area contributed by atoms with E-state index in [1.165, 1.54) is 18.9 Å². The summed E-state index contributed by atoms with van der Waals surface area (Å²) in [5.74, 6) is -2.22. The summed E-state index contributed by atoms with van der Waals surface area (Å²) in [7, 11) is 1.23. The molecule has 4 N–H and O–H groups in total. The van der Waals surface area contributed by atoms with Crippen LogP contribution < -0.4 is 16.4 Å². The second-order valence-electron chi connectivity index (χ2n) is 10.1. The predicted octanol–water partition coefficient (Wildman–Crippen LogP) is 4.54. The lowest BCUT2D eigenvalue weighted by molar-refractivity contribution is -0.144. The lowest BCUT2D eigenvalue weighted by atomic mass is 9.84. The Balaban J connectivity index is 1.59. The third kappa shape index (κ3) is 8.73. The Morgan fingerprint density at radius 3 is 1.62 bits per heavy atom. The molecule has 10 heteroatoms. The van der Waals surface area contributed by atoms with Crippen LogP contribution in [0.25, 0.3) is 0 Å². The van der Waals surface area contributed by atoms with Crippen LogP contribution in [0.3, 0.4) is 0 Å².